The summed E-state index contributed by atoms with van der Waals surface area (Å²) in [6.07, 6.45) is 0.422. The number of sulfonamides is 1. The fourth-order valence-corrected chi connectivity index (χ4v) is 5.24. The second kappa shape index (κ2) is 7.84. The van der Waals surface area contributed by atoms with Crippen molar-refractivity contribution in [2.75, 3.05) is 10.6 Å². The zero-order valence-electron chi connectivity index (χ0n) is 18.1. The van der Waals surface area contributed by atoms with E-state index in [1.165, 1.54) is 18.2 Å². The van der Waals surface area contributed by atoms with Gasteiger partial charge in [-0.25, -0.2) is 21.9 Å². The molecule has 0 radical (unpaired) electrons. The van der Waals surface area contributed by atoms with Gasteiger partial charge >= 0.3 is 6.09 Å². The van der Waals surface area contributed by atoms with E-state index in [0.717, 1.165) is 22.5 Å². The Labute approximate surface area is 190 Å². The second-order valence-electron chi connectivity index (χ2n) is 8.82. The van der Waals surface area contributed by atoms with Crippen molar-refractivity contribution in [3.8, 4) is 0 Å². The van der Waals surface area contributed by atoms with Crippen molar-refractivity contribution in [3.63, 3.8) is 0 Å². The number of carbonyl (C=O) groups excluding carboxylic acids is 3. The molecule has 2 aromatic rings. The minimum Gasteiger partial charge on any atom is -0.444 e. The van der Waals surface area contributed by atoms with Crippen molar-refractivity contribution in [1.82, 2.24) is 4.31 Å². The van der Waals surface area contributed by atoms with Crippen LogP contribution in [0.3, 0.4) is 0 Å². The number of amides is 3. The molecule has 9 nitrogen and oxygen atoms in total. The van der Waals surface area contributed by atoms with Crippen molar-refractivity contribution in [1.29, 1.82) is 0 Å². The number of fused-ring (bicyclic) bond motifs is 1. The first-order valence-electron chi connectivity index (χ1n) is 10.2. The lowest BCUT2D eigenvalue weighted by Gasteiger charge is -2.20. The molecular formula is C22H22FN3O6S. The summed E-state index contributed by atoms with van der Waals surface area (Å²) in [4.78, 5) is 37.2. The number of ether oxygens (including phenoxy) is 1. The Kier molecular flexibility index (Phi) is 5.39. The minimum atomic E-state index is -4.04. The average Bonchev–Trinajstić information content (AvgIpc) is 3.50. The van der Waals surface area contributed by atoms with Crippen molar-refractivity contribution in [2.45, 2.75) is 50.2 Å². The molecule has 2 N–H and O–H groups in total. The molecule has 4 rings (SSSR count). The summed E-state index contributed by atoms with van der Waals surface area (Å²) in [7, 11) is -4.04. The Bertz CT molecular complexity index is 1280. The van der Waals surface area contributed by atoms with Crippen LogP contribution in [0.25, 0.3) is 0 Å². The van der Waals surface area contributed by atoms with Crippen LogP contribution in [0.1, 0.15) is 54.3 Å². The highest BCUT2D eigenvalue weighted by Crippen LogP contribution is 2.39. The molecular weight excluding hydrogens is 453 g/mol. The number of anilines is 2. The standard InChI is InChI=1S/C22H22FN3O6S/c1-22(2,3)32-21(29)25-16-9-5-13(23)11-17(16)24-19(27)12-4-8-15-18(10-12)33(30,31)26(20(15)28)14-6-7-14/h4-5,8-11,14H,6-7H2,1-3H3,(H,24,27)(H,25,29). The van der Waals surface area contributed by atoms with Gasteiger partial charge in [0, 0.05) is 11.6 Å². The number of halogens is 1. The van der Waals surface area contributed by atoms with Crippen LogP contribution in [0.15, 0.2) is 41.3 Å². The van der Waals surface area contributed by atoms with Crippen LogP contribution >= 0.6 is 0 Å². The zero-order chi connectivity index (χ0) is 24.1. The fourth-order valence-electron chi connectivity index (χ4n) is 3.40. The number of hydrogen-bond acceptors (Lipinski definition) is 6. The molecule has 174 valence electrons. The normalized spacial score (nSPS) is 16.8. The molecule has 0 spiro atoms. The van der Waals surface area contributed by atoms with Crippen LogP contribution in [0, 0.1) is 5.82 Å². The molecule has 0 aromatic heterocycles. The van der Waals surface area contributed by atoms with Crippen LogP contribution in [-0.4, -0.2) is 42.3 Å². The largest absolute Gasteiger partial charge is 0.444 e. The van der Waals surface area contributed by atoms with Crippen LogP contribution in [-0.2, 0) is 14.8 Å². The second-order valence-corrected chi connectivity index (χ2v) is 10.6. The first-order chi connectivity index (χ1) is 15.4. The number of rotatable bonds is 4. The summed E-state index contributed by atoms with van der Waals surface area (Å²) >= 11 is 0. The first-order valence-corrected chi connectivity index (χ1v) is 11.6. The van der Waals surface area contributed by atoms with E-state index in [4.69, 9.17) is 4.74 Å². The third-order valence-electron chi connectivity index (χ3n) is 4.96. The van der Waals surface area contributed by atoms with Gasteiger partial charge in [0.1, 0.15) is 16.3 Å². The van der Waals surface area contributed by atoms with Crippen molar-refractivity contribution in [2.24, 2.45) is 0 Å². The summed E-state index contributed by atoms with van der Waals surface area (Å²) in [5, 5.41) is 4.92. The van der Waals surface area contributed by atoms with E-state index in [1.807, 2.05) is 0 Å². The number of nitrogens with one attached hydrogen (secondary N) is 2. The van der Waals surface area contributed by atoms with E-state index in [2.05, 4.69) is 10.6 Å². The maximum atomic E-state index is 13.8. The van der Waals surface area contributed by atoms with Gasteiger partial charge in [-0.15, -0.1) is 0 Å². The molecule has 1 heterocycles. The Morgan fingerprint density at radius 3 is 2.39 bits per heavy atom. The van der Waals surface area contributed by atoms with Crippen LogP contribution in [0.4, 0.5) is 20.6 Å². The molecule has 1 saturated carbocycles. The third kappa shape index (κ3) is 4.54. The molecule has 11 heteroatoms. The van der Waals surface area contributed by atoms with Crippen molar-refractivity contribution < 1.29 is 31.9 Å². The van der Waals surface area contributed by atoms with E-state index in [9.17, 15) is 27.2 Å². The fraction of sp³-hybridized carbons (Fsp3) is 0.318. The Morgan fingerprint density at radius 2 is 1.76 bits per heavy atom. The molecule has 1 fully saturated rings. The van der Waals surface area contributed by atoms with E-state index >= 15 is 0 Å². The quantitative estimate of drug-likeness (QED) is 0.695. The molecule has 3 amide bonds. The van der Waals surface area contributed by atoms with Crippen molar-refractivity contribution in [3.05, 3.63) is 53.3 Å². The number of carbonyl (C=O) groups is 3. The molecule has 2 aromatic carbocycles. The highest BCUT2D eigenvalue weighted by Gasteiger charge is 2.48. The van der Waals surface area contributed by atoms with Crippen molar-refractivity contribution >= 4 is 39.3 Å². The molecule has 0 bridgehead atoms. The lowest BCUT2D eigenvalue weighted by molar-refractivity contribution is 0.0635. The highest BCUT2D eigenvalue weighted by atomic mass is 32.2. The first kappa shape index (κ1) is 22.7. The van der Waals surface area contributed by atoms with Gasteiger partial charge in [0.05, 0.1) is 16.9 Å². The molecule has 0 atom stereocenters. The summed E-state index contributed by atoms with van der Waals surface area (Å²) in [5.41, 5.74) is -0.769. The van der Waals surface area contributed by atoms with Crippen LogP contribution in [0.2, 0.25) is 0 Å². The topological polar surface area (TPSA) is 122 Å². The number of hydrogen-bond donors (Lipinski definition) is 2. The van der Waals surface area contributed by atoms with Gasteiger partial charge in [-0.05, 0) is 70.0 Å². The molecule has 33 heavy (non-hydrogen) atoms. The molecule has 2 aliphatic rings. The van der Waals surface area contributed by atoms with Crippen LogP contribution in [0.5, 0.6) is 0 Å². The number of benzene rings is 2. The van der Waals surface area contributed by atoms with Gasteiger partial charge in [0.25, 0.3) is 21.8 Å². The maximum absolute atomic E-state index is 13.8. The Balaban J connectivity index is 1.59. The summed E-state index contributed by atoms with van der Waals surface area (Å²) in [6, 6.07) is 6.75. The van der Waals surface area contributed by atoms with E-state index < -0.39 is 39.3 Å². The van der Waals surface area contributed by atoms with Gasteiger partial charge in [-0.2, -0.15) is 0 Å². The Hall–Kier alpha value is -3.47. The summed E-state index contributed by atoms with van der Waals surface area (Å²) in [5.74, 6) is -2.01. The Morgan fingerprint density at radius 1 is 1.06 bits per heavy atom. The lowest BCUT2D eigenvalue weighted by atomic mass is 10.1. The predicted octanol–water partition coefficient (Wildman–Crippen LogP) is 3.73. The third-order valence-corrected chi connectivity index (χ3v) is 6.83. The van der Waals surface area contributed by atoms with Gasteiger partial charge in [0.15, 0.2) is 0 Å². The smallest absolute Gasteiger partial charge is 0.412 e. The SMILES string of the molecule is CC(C)(C)OC(=O)Nc1ccc(F)cc1NC(=O)c1ccc2c(c1)S(=O)(=O)N(C1CC1)C2=O. The van der Waals surface area contributed by atoms with Gasteiger partial charge in [0.2, 0.25) is 0 Å². The predicted molar refractivity (Wildman–Crippen MR) is 117 cm³/mol. The van der Waals surface area contributed by atoms with E-state index in [0.29, 0.717) is 12.8 Å². The molecule has 0 saturated heterocycles. The minimum absolute atomic E-state index is 0.0106. The monoisotopic (exact) mass is 475 g/mol. The van der Waals surface area contributed by atoms with Gasteiger partial charge in [-0.1, -0.05) is 0 Å². The summed E-state index contributed by atoms with van der Waals surface area (Å²) in [6.45, 7) is 5.03. The molecule has 1 aliphatic heterocycles. The zero-order valence-corrected chi connectivity index (χ0v) is 19.0. The van der Waals surface area contributed by atoms with E-state index in [-0.39, 0.29) is 33.4 Å². The van der Waals surface area contributed by atoms with Crippen LogP contribution < -0.4 is 10.6 Å². The lowest BCUT2D eigenvalue weighted by Crippen LogP contribution is -2.31. The highest BCUT2D eigenvalue weighted by molar-refractivity contribution is 7.90. The average molecular weight is 475 g/mol. The molecule has 0 unspecified atom stereocenters. The maximum Gasteiger partial charge on any atom is 0.412 e. The number of nitrogens with zero attached hydrogens (tertiary/aromatic N) is 1. The van der Waals surface area contributed by atoms with E-state index in [1.54, 1.807) is 20.8 Å². The molecule has 1 aliphatic carbocycles. The summed E-state index contributed by atoms with van der Waals surface area (Å²) < 4.78 is 45.5. The van der Waals surface area contributed by atoms with Gasteiger partial charge in [-0.3, -0.25) is 14.9 Å². The van der Waals surface area contributed by atoms with Gasteiger partial charge < -0.3 is 10.1 Å².